The fourth-order valence-corrected chi connectivity index (χ4v) is 1.86. The van der Waals surface area contributed by atoms with E-state index >= 15 is 0 Å². The summed E-state index contributed by atoms with van der Waals surface area (Å²) in [6.07, 6.45) is 2.40. The topological polar surface area (TPSA) is 26.1 Å². The minimum Gasteiger partial charge on any atom is -0.624 e. The zero-order valence-corrected chi connectivity index (χ0v) is 10.5. The zero-order chi connectivity index (χ0) is 12.8. The van der Waals surface area contributed by atoms with E-state index in [9.17, 15) is 5.21 Å². The molecule has 1 atom stereocenters. The van der Waals surface area contributed by atoms with Crippen molar-refractivity contribution in [2.45, 2.75) is 19.4 Å². The van der Waals surface area contributed by atoms with Crippen LogP contribution in [0.15, 0.2) is 60.7 Å². The van der Waals surface area contributed by atoms with E-state index in [0.717, 1.165) is 16.7 Å². The number of hydroxylamine groups is 1. The first kappa shape index (κ1) is 12.4. The molecule has 0 radical (unpaired) electrons. The highest BCUT2D eigenvalue weighted by Gasteiger charge is 2.09. The lowest BCUT2D eigenvalue weighted by Crippen LogP contribution is -2.21. The van der Waals surface area contributed by atoms with Crippen LogP contribution in [0.3, 0.4) is 0 Å². The molecule has 0 aromatic heterocycles. The van der Waals surface area contributed by atoms with Gasteiger partial charge in [0.25, 0.3) is 0 Å². The zero-order valence-electron chi connectivity index (χ0n) is 10.5. The Bertz CT molecular complexity index is 505. The molecule has 0 N–H and O–H groups in total. The minimum absolute atomic E-state index is 0.0624. The molecule has 0 fully saturated rings. The van der Waals surface area contributed by atoms with E-state index in [-0.39, 0.29) is 6.04 Å². The summed E-state index contributed by atoms with van der Waals surface area (Å²) < 4.78 is 1.03. The Morgan fingerprint density at radius 3 is 2.17 bits per heavy atom. The summed E-state index contributed by atoms with van der Waals surface area (Å²) in [5, 5.41) is 12.0. The second-order valence-electron chi connectivity index (χ2n) is 4.44. The molecular weight excluding hydrogens is 222 g/mol. The van der Waals surface area contributed by atoms with E-state index in [2.05, 4.69) is 0 Å². The molecule has 0 heterocycles. The average Bonchev–Trinajstić information content (AvgIpc) is 2.41. The maximum absolute atomic E-state index is 12.0. The molecule has 2 heteroatoms. The van der Waals surface area contributed by atoms with Gasteiger partial charge in [0.1, 0.15) is 0 Å². The second-order valence-corrected chi connectivity index (χ2v) is 4.44. The molecule has 18 heavy (non-hydrogen) atoms. The van der Waals surface area contributed by atoms with E-state index < -0.39 is 0 Å². The number of benzene rings is 2. The monoisotopic (exact) mass is 239 g/mol. The Hall–Kier alpha value is -2.09. The molecule has 2 rings (SSSR count). The molecular formula is C16H17NO. The maximum atomic E-state index is 12.0. The fourth-order valence-electron chi connectivity index (χ4n) is 1.86. The molecule has 0 aliphatic rings. The Labute approximate surface area is 108 Å². The lowest BCUT2D eigenvalue weighted by molar-refractivity contribution is -0.491. The van der Waals surface area contributed by atoms with Gasteiger partial charge in [-0.2, -0.15) is 0 Å². The molecule has 0 bridgehead atoms. The van der Waals surface area contributed by atoms with Gasteiger partial charge in [0, 0.05) is 12.0 Å². The van der Waals surface area contributed by atoms with Crippen LogP contribution in [0.25, 0.3) is 0 Å². The molecule has 0 saturated carbocycles. The Kier molecular flexibility index (Phi) is 4.13. The first-order valence-electron chi connectivity index (χ1n) is 6.15. The lowest BCUT2D eigenvalue weighted by Gasteiger charge is -2.12. The highest BCUT2D eigenvalue weighted by molar-refractivity contribution is 5.75. The van der Waals surface area contributed by atoms with Gasteiger partial charge in [-0.05, 0) is 24.6 Å². The molecule has 0 aliphatic carbocycles. The van der Waals surface area contributed by atoms with Crippen LogP contribution >= 0.6 is 0 Å². The molecule has 2 aromatic rings. The SMILES string of the molecule is CC(Cc1ccccc1)/[N+]([O-])=C\c1ccccc1. The van der Waals surface area contributed by atoms with Crippen LogP contribution in [0.4, 0.5) is 0 Å². The van der Waals surface area contributed by atoms with Crippen molar-refractivity contribution >= 4 is 6.21 Å². The van der Waals surface area contributed by atoms with E-state index in [0.29, 0.717) is 0 Å². The molecule has 0 aliphatic heterocycles. The molecule has 0 spiro atoms. The van der Waals surface area contributed by atoms with Crippen molar-refractivity contribution in [3.63, 3.8) is 0 Å². The van der Waals surface area contributed by atoms with E-state index in [1.165, 1.54) is 5.56 Å². The van der Waals surface area contributed by atoms with Gasteiger partial charge in [0.15, 0.2) is 12.3 Å². The fraction of sp³-hybridized carbons (Fsp3) is 0.188. The van der Waals surface area contributed by atoms with E-state index in [4.69, 9.17) is 0 Å². The third kappa shape index (κ3) is 3.45. The Morgan fingerprint density at radius 2 is 1.56 bits per heavy atom. The third-order valence-corrected chi connectivity index (χ3v) is 2.88. The first-order chi connectivity index (χ1) is 8.75. The predicted octanol–water partition coefficient (Wildman–Crippen LogP) is 3.25. The summed E-state index contributed by atoms with van der Waals surface area (Å²) in [6.45, 7) is 1.94. The first-order valence-corrected chi connectivity index (χ1v) is 6.15. The van der Waals surface area contributed by atoms with Gasteiger partial charge < -0.3 is 5.21 Å². The molecule has 1 unspecified atom stereocenters. The van der Waals surface area contributed by atoms with Crippen molar-refractivity contribution in [3.8, 4) is 0 Å². The van der Waals surface area contributed by atoms with Crippen LogP contribution in [-0.2, 0) is 6.42 Å². The van der Waals surface area contributed by atoms with Crippen LogP contribution in [0.1, 0.15) is 18.1 Å². The van der Waals surface area contributed by atoms with Gasteiger partial charge in [0.2, 0.25) is 0 Å². The van der Waals surface area contributed by atoms with Gasteiger partial charge in [0.05, 0.1) is 0 Å². The third-order valence-electron chi connectivity index (χ3n) is 2.88. The summed E-state index contributed by atoms with van der Waals surface area (Å²) in [4.78, 5) is 0. The van der Waals surface area contributed by atoms with Crippen molar-refractivity contribution in [1.82, 2.24) is 0 Å². The van der Waals surface area contributed by atoms with Gasteiger partial charge in [-0.15, -0.1) is 0 Å². The summed E-state index contributed by atoms with van der Waals surface area (Å²) in [5.41, 5.74) is 2.12. The van der Waals surface area contributed by atoms with Gasteiger partial charge in [-0.1, -0.05) is 48.5 Å². The minimum atomic E-state index is -0.0624. The normalized spacial score (nSPS) is 13.3. The highest BCUT2D eigenvalue weighted by atomic mass is 16.5. The van der Waals surface area contributed by atoms with E-state index in [1.807, 2.05) is 67.6 Å². The average molecular weight is 239 g/mol. The molecule has 2 nitrogen and oxygen atoms in total. The Morgan fingerprint density at radius 1 is 1.00 bits per heavy atom. The smallest absolute Gasteiger partial charge is 0.182 e. The number of hydrogen-bond acceptors (Lipinski definition) is 1. The summed E-state index contributed by atoms with van der Waals surface area (Å²) in [6, 6.07) is 19.7. The van der Waals surface area contributed by atoms with Gasteiger partial charge in [-0.3, -0.25) is 0 Å². The van der Waals surface area contributed by atoms with Crippen molar-refractivity contribution in [1.29, 1.82) is 0 Å². The van der Waals surface area contributed by atoms with Crippen LogP contribution in [0.5, 0.6) is 0 Å². The second kappa shape index (κ2) is 6.01. The van der Waals surface area contributed by atoms with Gasteiger partial charge >= 0.3 is 0 Å². The van der Waals surface area contributed by atoms with Crippen LogP contribution in [-0.4, -0.2) is 17.0 Å². The number of hydrogen-bond donors (Lipinski definition) is 0. The number of nitrogens with zero attached hydrogens (tertiary/aromatic N) is 1. The Balaban J connectivity index is 2.05. The van der Waals surface area contributed by atoms with Gasteiger partial charge in [-0.25, -0.2) is 4.74 Å². The highest BCUT2D eigenvalue weighted by Crippen LogP contribution is 2.05. The molecule has 0 saturated heterocycles. The summed E-state index contributed by atoms with van der Waals surface area (Å²) >= 11 is 0. The van der Waals surface area contributed by atoms with Crippen molar-refractivity contribution in [2.24, 2.45) is 0 Å². The standard InChI is InChI=1S/C16H17NO/c1-14(12-15-8-4-2-5-9-15)17(18)13-16-10-6-3-7-11-16/h2-11,13-14H,12H2,1H3/b17-13+. The van der Waals surface area contributed by atoms with Crippen molar-refractivity contribution < 1.29 is 4.74 Å². The largest absolute Gasteiger partial charge is 0.624 e. The van der Waals surface area contributed by atoms with Crippen molar-refractivity contribution in [3.05, 3.63) is 77.0 Å². The lowest BCUT2D eigenvalue weighted by atomic mass is 10.1. The van der Waals surface area contributed by atoms with Crippen molar-refractivity contribution in [2.75, 3.05) is 0 Å². The van der Waals surface area contributed by atoms with Crippen LogP contribution < -0.4 is 0 Å². The van der Waals surface area contributed by atoms with Crippen LogP contribution in [0.2, 0.25) is 0 Å². The molecule has 92 valence electrons. The molecule has 2 aromatic carbocycles. The number of rotatable bonds is 4. The summed E-state index contributed by atoms with van der Waals surface area (Å²) in [5.74, 6) is 0. The van der Waals surface area contributed by atoms with E-state index in [1.54, 1.807) is 6.21 Å². The van der Waals surface area contributed by atoms with Crippen LogP contribution in [0, 0.1) is 5.21 Å². The maximum Gasteiger partial charge on any atom is 0.182 e. The molecule has 0 amide bonds. The predicted molar refractivity (Wildman–Crippen MR) is 74.8 cm³/mol. The summed E-state index contributed by atoms with van der Waals surface area (Å²) in [7, 11) is 0. The quantitative estimate of drug-likeness (QED) is 0.348.